The van der Waals surface area contributed by atoms with Crippen LogP contribution in [0.25, 0.3) is 0 Å². The first kappa shape index (κ1) is 17.4. The van der Waals surface area contributed by atoms with Gasteiger partial charge in [0.2, 0.25) is 5.91 Å². The number of nitrogens with one attached hydrogen (secondary N) is 1. The predicted molar refractivity (Wildman–Crippen MR) is 89.0 cm³/mol. The molecule has 1 N–H and O–H groups in total. The van der Waals surface area contributed by atoms with E-state index in [1.165, 1.54) is 25.1 Å². The maximum absolute atomic E-state index is 14.1. The largest absolute Gasteiger partial charge is 0.338 e. The van der Waals surface area contributed by atoms with Crippen molar-refractivity contribution in [2.45, 2.75) is 44.7 Å². The monoisotopic (exact) mass is 347 g/mol. The molecule has 0 radical (unpaired) electrons. The SMILES string of the molecule is C[C@@H]1CCCCN1C(=O)CN1C(=O)N[C@@](C)(c2ccccc2F)C1=O. The molecule has 1 aromatic rings. The van der Waals surface area contributed by atoms with Gasteiger partial charge in [0.25, 0.3) is 5.91 Å². The Morgan fingerprint density at radius 1 is 1.32 bits per heavy atom. The van der Waals surface area contributed by atoms with Crippen LogP contribution in [0.5, 0.6) is 0 Å². The molecule has 0 saturated carbocycles. The van der Waals surface area contributed by atoms with Gasteiger partial charge in [0, 0.05) is 18.2 Å². The summed E-state index contributed by atoms with van der Waals surface area (Å²) in [6.45, 7) is 3.74. The first-order valence-corrected chi connectivity index (χ1v) is 8.53. The van der Waals surface area contributed by atoms with Crippen LogP contribution in [0, 0.1) is 5.82 Å². The number of benzene rings is 1. The molecule has 2 heterocycles. The van der Waals surface area contributed by atoms with Gasteiger partial charge in [0.15, 0.2) is 0 Å². The van der Waals surface area contributed by atoms with Crippen LogP contribution >= 0.6 is 0 Å². The van der Waals surface area contributed by atoms with Crippen molar-refractivity contribution >= 4 is 17.8 Å². The molecule has 4 amide bonds. The average Bonchev–Trinajstić information content (AvgIpc) is 2.79. The number of piperidine rings is 1. The van der Waals surface area contributed by atoms with Crippen LogP contribution in [0.4, 0.5) is 9.18 Å². The molecular weight excluding hydrogens is 325 g/mol. The molecular formula is C18H22FN3O3. The Hall–Kier alpha value is -2.44. The van der Waals surface area contributed by atoms with Crippen molar-refractivity contribution in [3.05, 3.63) is 35.6 Å². The molecule has 2 fully saturated rings. The lowest BCUT2D eigenvalue weighted by atomic mass is 9.91. The number of rotatable bonds is 3. The molecule has 0 aliphatic carbocycles. The molecule has 2 aliphatic heterocycles. The van der Waals surface area contributed by atoms with Gasteiger partial charge in [-0.1, -0.05) is 18.2 Å². The van der Waals surface area contributed by atoms with Crippen LogP contribution in [0.2, 0.25) is 0 Å². The van der Waals surface area contributed by atoms with Gasteiger partial charge in [-0.2, -0.15) is 0 Å². The normalized spacial score (nSPS) is 26.8. The minimum atomic E-state index is -1.50. The van der Waals surface area contributed by atoms with Crippen molar-refractivity contribution in [3.63, 3.8) is 0 Å². The van der Waals surface area contributed by atoms with Crippen LogP contribution in [0.3, 0.4) is 0 Å². The van der Waals surface area contributed by atoms with Gasteiger partial charge in [-0.3, -0.25) is 14.5 Å². The van der Waals surface area contributed by atoms with E-state index in [1.807, 2.05) is 6.92 Å². The van der Waals surface area contributed by atoms with Gasteiger partial charge in [-0.15, -0.1) is 0 Å². The second kappa shape index (κ2) is 6.46. The second-order valence-electron chi connectivity index (χ2n) is 6.86. The Kier molecular flexibility index (Phi) is 4.49. The summed E-state index contributed by atoms with van der Waals surface area (Å²) < 4.78 is 14.1. The van der Waals surface area contributed by atoms with Crippen LogP contribution < -0.4 is 5.32 Å². The van der Waals surface area contributed by atoms with Gasteiger partial charge in [0.05, 0.1) is 0 Å². The third-order valence-corrected chi connectivity index (χ3v) is 5.10. The highest BCUT2D eigenvalue weighted by molar-refractivity contribution is 6.09. The number of carbonyl (C=O) groups excluding carboxylic acids is 3. The predicted octanol–water partition coefficient (Wildman–Crippen LogP) is 1.99. The number of likely N-dealkylation sites (tertiary alicyclic amines) is 1. The average molecular weight is 347 g/mol. The molecule has 134 valence electrons. The van der Waals surface area contributed by atoms with Gasteiger partial charge in [-0.05, 0) is 39.2 Å². The van der Waals surface area contributed by atoms with Crippen molar-refractivity contribution in [1.82, 2.24) is 15.1 Å². The van der Waals surface area contributed by atoms with Crippen molar-refractivity contribution < 1.29 is 18.8 Å². The van der Waals surface area contributed by atoms with Crippen LogP contribution in [0.1, 0.15) is 38.7 Å². The van der Waals surface area contributed by atoms with E-state index in [4.69, 9.17) is 0 Å². The first-order valence-electron chi connectivity index (χ1n) is 8.53. The van der Waals surface area contributed by atoms with E-state index in [2.05, 4.69) is 5.32 Å². The van der Waals surface area contributed by atoms with E-state index in [1.54, 1.807) is 11.0 Å². The van der Waals surface area contributed by atoms with E-state index < -0.39 is 23.3 Å². The summed E-state index contributed by atoms with van der Waals surface area (Å²) in [6, 6.07) is 5.25. The molecule has 0 bridgehead atoms. The number of urea groups is 1. The van der Waals surface area contributed by atoms with Crippen LogP contribution in [0.15, 0.2) is 24.3 Å². The Morgan fingerprint density at radius 2 is 2.04 bits per heavy atom. The summed E-state index contributed by atoms with van der Waals surface area (Å²) in [5.41, 5.74) is -1.41. The minimum Gasteiger partial charge on any atom is -0.338 e. The molecule has 7 heteroatoms. The number of hydrogen-bond donors (Lipinski definition) is 1. The number of imide groups is 1. The highest BCUT2D eigenvalue weighted by Crippen LogP contribution is 2.30. The van der Waals surface area contributed by atoms with Crippen molar-refractivity contribution in [1.29, 1.82) is 0 Å². The highest BCUT2D eigenvalue weighted by atomic mass is 19.1. The van der Waals surface area contributed by atoms with E-state index in [0.29, 0.717) is 6.54 Å². The molecule has 25 heavy (non-hydrogen) atoms. The molecule has 3 rings (SSSR count). The lowest BCUT2D eigenvalue weighted by molar-refractivity contribution is -0.140. The minimum absolute atomic E-state index is 0.0923. The summed E-state index contributed by atoms with van der Waals surface area (Å²) in [6.07, 6.45) is 2.90. The molecule has 2 saturated heterocycles. The van der Waals surface area contributed by atoms with E-state index >= 15 is 0 Å². The summed E-state index contributed by atoms with van der Waals surface area (Å²) in [5, 5.41) is 2.53. The van der Waals surface area contributed by atoms with Gasteiger partial charge in [0.1, 0.15) is 17.9 Å². The maximum Gasteiger partial charge on any atom is 0.325 e. The first-order chi connectivity index (χ1) is 11.8. The molecule has 2 aliphatic rings. The zero-order valence-electron chi connectivity index (χ0n) is 14.4. The molecule has 2 atom stereocenters. The van der Waals surface area contributed by atoms with Gasteiger partial charge >= 0.3 is 6.03 Å². The summed E-state index contributed by atoms with van der Waals surface area (Å²) in [7, 11) is 0. The smallest absolute Gasteiger partial charge is 0.325 e. The molecule has 1 aromatic carbocycles. The quantitative estimate of drug-likeness (QED) is 0.850. The Bertz CT molecular complexity index is 723. The molecule has 0 aromatic heterocycles. The zero-order chi connectivity index (χ0) is 18.2. The van der Waals surface area contributed by atoms with E-state index in [0.717, 1.165) is 24.2 Å². The summed E-state index contributed by atoms with van der Waals surface area (Å²) in [4.78, 5) is 40.2. The number of halogens is 1. The van der Waals surface area contributed by atoms with Crippen molar-refractivity contribution in [2.75, 3.05) is 13.1 Å². The highest BCUT2D eigenvalue weighted by Gasteiger charge is 2.51. The van der Waals surface area contributed by atoms with Crippen molar-refractivity contribution in [3.8, 4) is 0 Å². The molecule has 0 spiro atoms. The topological polar surface area (TPSA) is 69.7 Å². The van der Waals surface area contributed by atoms with Gasteiger partial charge < -0.3 is 10.2 Å². The van der Waals surface area contributed by atoms with Crippen molar-refractivity contribution in [2.24, 2.45) is 0 Å². The van der Waals surface area contributed by atoms with E-state index in [-0.39, 0.29) is 24.1 Å². The Balaban J connectivity index is 1.80. The number of amides is 4. The number of nitrogens with zero attached hydrogens (tertiary/aromatic N) is 2. The fraction of sp³-hybridized carbons (Fsp3) is 0.500. The third kappa shape index (κ3) is 2.99. The third-order valence-electron chi connectivity index (χ3n) is 5.10. The summed E-state index contributed by atoms with van der Waals surface area (Å²) >= 11 is 0. The lowest BCUT2D eigenvalue weighted by Gasteiger charge is -2.34. The summed E-state index contributed by atoms with van der Waals surface area (Å²) in [5.74, 6) is -1.44. The van der Waals surface area contributed by atoms with Crippen LogP contribution in [-0.2, 0) is 15.1 Å². The van der Waals surface area contributed by atoms with Crippen LogP contribution in [-0.4, -0.2) is 46.8 Å². The number of hydrogen-bond acceptors (Lipinski definition) is 3. The standard InChI is InChI=1S/C18H22FN3O3/c1-12-7-5-6-10-21(12)15(23)11-22-16(24)18(2,20-17(22)25)13-8-3-4-9-14(13)19/h3-4,8-9,12H,5-7,10-11H2,1-2H3,(H,20,25)/t12-,18+/m1/s1. The zero-order valence-corrected chi connectivity index (χ0v) is 14.4. The van der Waals surface area contributed by atoms with E-state index in [9.17, 15) is 18.8 Å². The lowest BCUT2D eigenvalue weighted by Crippen LogP contribution is -2.48. The Labute approximate surface area is 146 Å². The maximum atomic E-state index is 14.1. The second-order valence-corrected chi connectivity index (χ2v) is 6.86. The molecule has 6 nitrogen and oxygen atoms in total. The van der Waals surface area contributed by atoms with Gasteiger partial charge in [-0.25, -0.2) is 9.18 Å². The molecule has 0 unspecified atom stereocenters. The fourth-order valence-electron chi connectivity index (χ4n) is 3.58. The fourth-order valence-corrected chi connectivity index (χ4v) is 3.58. The number of carbonyl (C=O) groups is 3. The Morgan fingerprint density at radius 3 is 2.72 bits per heavy atom.